The van der Waals surface area contributed by atoms with Crippen LogP contribution in [0.15, 0.2) is 60.8 Å². The average Bonchev–Trinajstić information content (AvgIpc) is 3.30. The highest BCUT2D eigenvalue weighted by atomic mass is 16.4. The molecule has 2 aromatic carbocycles. The molecule has 0 saturated heterocycles. The number of carbonyl (C=O) groups excluding carboxylic acids is 3. The number of para-hydroxylation sites is 1. The first-order valence-electron chi connectivity index (χ1n) is 12.3. The predicted octanol–water partition coefficient (Wildman–Crippen LogP) is 0.314. The topological polar surface area (TPSA) is 204 Å². The van der Waals surface area contributed by atoms with Crippen LogP contribution in [0.5, 0.6) is 0 Å². The molecule has 0 spiro atoms. The first-order chi connectivity index (χ1) is 18.5. The Balaban J connectivity index is 1.78. The Hall–Kier alpha value is -4.71. The number of rotatable bonds is 13. The van der Waals surface area contributed by atoms with Gasteiger partial charge in [-0.3, -0.25) is 19.2 Å². The van der Waals surface area contributed by atoms with Gasteiger partial charge in [-0.2, -0.15) is 0 Å². The molecular weight excluding hydrogens is 506 g/mol. The molecule has 0 aliphatic carbocycles. The zero-order valence-electron chi connectivity index (χ0n) is 21.2. The number of H-pyrrole nitrogens is 1. The van der Waals surface area contributed by atoms with Crippen LogP contribution >= 0.6 is 0 Å². The van der Waals surface area contributed by atoms with Crippen molar-refractivity contribution >= 4 is 40.6 Å². The third-order valence-corrected chi connectivity index (χ3v) is 6.11. The fourth-order valence-corrected chi connectivity index (χ4v) is 4.02. The van der Waals surface area contributed by atoms with Crippen molar-refractivity contribution in [3.8, 4) is 0 Å². The van der Waals surface area contributed by atoms with Gasteiger partial charge in [-0.1, -0.05) is 48.5 Å². The molecule has 0 fully saturated rings. The molecule has 0 aliphatic heterocycles. The standard InChI is InChI=1S/C27H31N5O7/c1-15(30-25(36)19(28)13-23(33)34)24(35)31-21(12-17-14-29-20-10-6-5-9-18(17)20)26(37)32-22(27(38)39)11-16-7-3-2-4-8-16/h2-10,14-15,19,21-22,29H,11-13,28H2,1H3,(H,30,36)(H,31,35)(H,32,37)(H,33,34)(H,38,39). The van der Waals surface area contributed by atoms with Crippen LogP contribution in [0.3, 0.4) is 0 Å². The second-order valence-electron chi connectivity index (χ2n) is 9.15. The number of nitrogens with one attached hydrogen (secondary N) is 4. The average molecular weight is 538 g/mol. The zero-order valence-corrected chi connectivity index (χ0v) is 21.2. The Labute approximate surface area is 224 Å². The molecule has 1 aromatic heterocycles. The zero-order chi connectivity index (χ0) is 28.5. The Morgan fingerprint density at radius 3 is 2.13 bits per heavy atom. The summed E-state index contributed by atoms with van der Waals surface area (Å²) in [7, 11) is 0. The number of fused-ring (bicyclic) bond motifs is 1. The Kier molecular flexibility index (Phi) is 9.76. The monoisotopic (exact) mass is 537 g/mol. The normalized spacial score (nSPS) is 14.0. The van der Waals surface area contributed by atoms with Gasteiger partial charge in [0, 0.05) is 29.9 Å². The van der Waals surface area contributed by atoms with E-state index in [4.69, 9.17) is 10.8 Å². The van der Waals surface area contributed by atoms with Crippen LogP contribution in [0.4, 0.5) is 0 Å². The molecule has 3 amide bonds. The van der Waals surface area contributed by atoms with Crippen LogP contribution in [0, 0.1) is 0 Å². The summed E-state index contributed by atoms with van der Waals surface area (Å²) in [5.41, 5.74) is 7.79. The van der Waals surface area contributed by atoms with Gasteiger partial charge in [-0.05, 0) is 24.1 Å². The van der Waals surface area contributed by atoms with Crippen molar-refractivity contribution in [1.82, 2.24) is 20.9 Å². The van der Waals surface area contributed by atoms with Crippen LogP contribution in [0.2, 0.25) is 0 Å². The molecule has 0 radical (unpaired) electrons. The van der Waals surface area contributed by atoms with Crippen molar-refractivity contribution in [3.63, 3.8) is 0 Å². The van der Waals surface area contributed by atoms with E-state index in [1.165, 1.54) is 6.92 Å². The van der Waals surface area contributed by atoms with E-state index >= 15 is 0 Å². The summed E-state index contributed by atoms with van der Waals surface area (Å²) in [4.78, 5) is 64.3. The number of aliphatic carboxylic acids is 2. The number of hydrogen-bond donors (Lipinski definition) is 7. The van der Waals surface area contributed by atoms with E-state index in [0.717, 1.165) is 10.9 Å². The molecular formula is C27H31N5O7. The van der Waals surface area contributed by atoms with Crippen LogP contribution in [0.25, 0.3) is 10.9 Å². The minimum Gasteiger partial charge on any atom is -0.481 e. The maximum Gasteiger partial charge on any atom is 0.326 e. The van der Waals surface area contributed by atoms with Crippen molar-refractivity contribution in [2.75, 3.05) is 0 Å². The second kappa shape index (κ2) is 13.2. The van der Waals surface area contributed by atoms with Gasteiger partial charge in [-0.15, -0.1) is 0 Å². The highest BCUT2D eigenvalue weighted by Crippen LogP contribution is 2.19. The van der Waals surface area contributed by atoms with Gasteiger partial charge < -0.3 is 36.9 Å². The van der Waals surface area contributed by atoms with Gasteiger partial charge >= 0.3 is 11.9 Å². The van der Waals surface area contributed by atoms with Crippen molar-refractivity contribution in [1.29, 1.82) is 0 Å². The number of aromatic nitrogens is 1. The van der Waals surface area contributed by atoms with Crippen LogP contribution in [-0.4, -0.2) is 69.0 Å². The fraction of sp³-hybridized carbons (Fsp3) is 0.296. The second-order valence-corrected chi connectivity index (χ2v) is 9.15. The maximum absolute atomic E-state index is 13.3. The van der Waals surface area contributed by atoms with Gasteiger partial charge in [0.2, 0.25) is 17.7 Å². The van der Waals surface area contributed by atoms with E-state index in [0.29, 0.717) is 11.1 Å². The molecule has 12 nitrogen and oxygen atoms in total. The molecule has 3 aromatic rings. The van der Waals surface area contributed by atoms with Crippen molar-refractivity contribution in [2.45, 2.75) is 50.4 Å². The first-order valence-corrected chi connectivity index (χ1v) is 12.3. The van der Waals surface area contributed by atoms with Crippen molar-refractivity contribution in [2.24, 2.45) is 5.73 Å². The smallest absolute Gasteiger partial charge is 0.326 e. The number of carboxylic acid groups (broad SMARTS) is 2. The van der Waals surface area contributed by atoms with E-state index in [9.17, 15) is 29.1 Å². The molecule has 4 unspecified atom stereocenters. The number of amides is 3. The lowest BCUT2D eigenvalue weighted by molar-refractivity contribution is -0.142. The number of carboxylic acids is 2. The van der Waals surface area contributed by atoms with Crippen LogP contribution in [0.1, 0.15) is 24.5 Å². The molecule has 12 heteroatoms. The summed E-state index contributed by atoms with van der Waals surface area (Å²) < 4.78 is 0. The van der Waals surface area contributed by atoms with Crippen molar-refractivity contribution in [3.05, 3.63) is 71.9 Å². The summed E-state index contributed by atoms with van der Waals surface area (Å²) in [6.45, 7) is 1.36. The molecule has 8 N–H and O–H groups in total. The Bertz CT molecular complexity index is 1340. The number of nitrogens with two attached hydrogens (primary N) is 1. The summed E-state index contributed by atoms with van der Waals surface area (Å²) in [6, 6.07) is 11.2. The summed E-state index contributed by atoms with van der Waals surface area (Å²) in [5, 5.41) is 26.8. The van der Waals surface area contributed by atoms with Gasteiger partial charge in [0.05, 0.1) is 12.5 Å². The Morgan fingerprint density at radius 2 is 1.46 bits per heavy atom. The third kappa shape index (κ3) is 8.14. The summed E-state index contributed by atoms with van der Waals surface area (Å²) in [5.74, 6) is -4.81. The highest BCUT2D eigenvalue weighted by Gasteiger charge is 2.30. The lowest BCUT2D eigenvalue weighted by Gasteiger charge is -2.24. The summed E-state index contributed by atoms with van der Waals surface area (Å²) >= 11 is 0. The first kappa shape index (κ1) is 28.9. The minimum atomic E-state index is -1.36. The predicted molar refractivity (Wildman–Crippen MR) is 141 cm³/mol. The van der Waals surface area contributed by atoms with Crippen LogP contribution < -0.4 is 21.7 Å². The largest absolute Gasteiger partial charge is 0.481 e. The number of carbonyl (C=O) groups is 5. The van der Waals surface area contributed by atoms with Gasteiger partial charge in [0.1, 0.15) is 18.1 Å². The minimum absolute atomic E-state index is 0.0262. The lowest BCUT2D eigenvalue weighted by atomic mass is 10.0. The van der Waals surface area contributed by atoms with Crippen molar-refractivity contribution < 1.29 is 34.2 Å². The molecule has 0 saturated carbocycles. The van der Waals surface area contributed by atoms with Crippen LogP contribution in [-0.2, 0) is 36.8 Å². The molecule has 0 bridgehead atoms. The summed E-state index contributed by atoms with van der Waals surface area (Å²) in [6.07, 6.45) is 1.14. The lowest BCUT2D eigenvalue weighted by Crippen LogP contribution is -2.57. The van der Waals surface area contributed by atoms with E-state index in [1.54, 1.807) is 36.5 Å². The highest BCUT2D eigenvalue weighted by molar-refractivity contribution is 5.95. The molecule has 1 heterocycles. The van der Waals surface area contributed by atoms with E-state index in [-0.39, 0.29) is 12.8 Å². The van der Waals surface area contributed by atoms with E-state index in [1.807, 2.05) is 24.3 Å². The quantitative estimate of drug-likeness (QED) is 0.161. The maximum atomic E-state index is 13.3. The molecule has 4 atom stereocenters. The Morgan fingerprint density at radius 1 is 0.821 bits per heavy atom. The van der Waals surface area contributed by atoms with Gasteiger partial charge in [0.15, 0.2) is 0 Å². The number of hydrogen-bond acceptors (Lipinski definition) is 6. The number of benzene rings is 2. The molecule has 39 heavy (non-hydrogen) atoms. The fourth-order valence-electron chi connectivity index (χ4n) is 4.02. The molecule has 206 valence electrons. The van der Waals surface area contributed by atoms with Gasteiger partial charge in [0.25, 0.3) is 0 Å². The number of aromatic amines is 1. The SMILES string of the molecule is CC(NC(=O)C(N)CC(=O)O)C(=O)NC(Cc1c[nH]c2ccccc12)C(=O)NC(Cc1ccccc1)C(=O)O. The van der Waals surface area contributed by atoms with E-state index < -0.39 is 60.2 Å². The van der Waals surface area contributed by atoms with E-state index in [2.05, 4.69) is 20.9 Å². The van der Waals surface area contributed by atoms with Gasteiger partial charge in [-0.25, -0.2) is 4.79 Å². The molecule has 0 aliphatic rings. The third-order valence-electron chi connectivity index (χ3n) is 6.11. The molecule has 3 rings (SSSR count).